The van der Waals surface area contributed by atoms with Crippen LogP contribution in [-0.2, 0) is 6.42 Å². The molecule has 0 radical (unpaired) electrons. The Morgan fingerprint density at radius 1 is 0.947 bits per heavy atom. The van der Waals surface area contributed by atoms with Crippen molar-refractivity contribution < 1.29 is 5.11 Å². The van der Waals surface area contributed by atoms with Crippen LogP contribution in [0.4, 0.5) is 0 Å². The maximum Gasteiger partial charge on any atom is 0.118 e. The third kappa shape index (κ3) is 6.66. The maximum atomic E-state index is 9.82. The summed E-state index contributed by atoms with van der Waals surface area (Å²) in [6, 6.07) is 7.77. The first-order valence-corrected chi connectivity index (χ1v) is 8.04. The minimum absolute atomic E-state index is 0.462. The molecule has 1 rings (SSSR count). The van der Waals surface area contributed by atoms with E-state index in [-0.39, 0.29) is 0 Å². The van der Waals surface area contributed by atoms with E-state index in [2.05, 4.69) is 19.9 Å². The molecule has 0 saturated carbocycles. The van der Waals surface area contributed by atoms with Crippen LogP contribution in [0.15, 0.2) is 24.3 Å². The van der Waals surface area contributed by atoms with Gasteiger partial charge in [-0.2, -0.15) is 0 Å². The second-order valence-electron chi connectivity index (χ2n) is 5.66. The summed E-state index contributed by atoms with van der Waals surface area (Å²) in [6.45, 7) is 4.53. The second-order valence-corrected chi connectivity index (χ2v) is 5.66. The van der Waals surface area contributed by atoms with Crippen LogP contribution in [0.2, 0.25) is 0 Å². The van der Waals surface area contributed by atoms with Crippen molar-refractivity contribution in [2.45, 2.75) is 71.6 Å². The fourth-order valence-electron chi connectivity index (χ4n) is 2.66. The Morgan fingerprint density at radius 3 is 2.32 bits per heavy atom. The Kier molecular flexibility index (Phi) is 8.36. The first-order chi connectivity index (χ1) is 9.27. The van der Waals surface area contributed by atoms with E-state index in [0.29, 0.717) is 5.75 Å². The molecule has 0 spiro atoms. The van der Waals surface area contributed by atoms with Gasteiger partial charge in [0.2, 0.25) is 0 Å². The SMILES string of the molecule is CCCCCCCCC(CC)Cc1ccccc1O. The van der Waals surface area contributed by atoms with E-state index in [4.69, 9.17) is 0 Å². The van der Waals surface area contributed by atoms with E-state index in [1.807, 2.05) is 12.1 Å². The van der Waals surface area contributed by atoms with E-state index in [1.54, 1.807) is 6.07 Å². The highest BCUT2D eigenvalue weighted by Crippen LogP contribution is 2.24. The number of unbranched alkanes of at least 4 members (excludes halogenated alkanes) is 5. The van der Waals surface area contributed by atoms with Crippen LogP contribution >= 0.6 is 0 Å². The number of rotatable bonds is 10. The number of phenolic OH excluding ortho intramolecular Hbond substituents is 1. The fourth-order valence-corrected chi connectivity index (χ4v) is 2.66. The van der Waals surface area contributed by atoms with Gasteiger partial charge >= 0.3 is 0 Å². The summed E-state index contributed by atoms with van der Waals surface area (Å²) < 4.78 is 0. The van der Waals surface area contributed by atoms with Gasteiger partial charge in [-0.15, -0.1) is 0 Å². The van der Waals surface area contributed by atoms with Gasteiger partial charge in [-0.3, -0.25) is 0 Å². The van der Waals surface area contributed by atoms with Gasteiger partial charge in [0.15, 0.2) is 0 Å². The summed E-state index contributed by atoms with van der Waals surface area (Å²) in [7, 11) is 0. The average Bonchev–Trinajstić information content (AvgIpc) is 2.43. The normalized spacial score (nSPS) is 12.5. The first kappa shape index (κ1) is 16.1. The molecule has 1 aromatic carbocycles. The molecule has 0 heterocycles. The minimum Gasteiger partial charge on any atom is -0.508 e. The molecule has 0 amide bonds. The van der Waals surface area contributed by atoms with Gasteiger partial charge in [-0.1, -0.05) is 83.4 Å². The molecule has 0 bridgehead atoms. The van der Waals surface area contributed by atoms with Gasteiger partial charge in [0.05, 0.1) is 0 Å². The van der Waals surface area contributed by atoms with Crippen molar-refractivity contribution >= 4 is 0 Å². The van der Waals surface area contributed by atoms with Crippen molar-refractivity contribution in [3.63, 3.8) is 0 Å². The Morgan fingerprint density at radius 2 is 1.63 bits per heavy atom. The molecule has 108 valence electrons. The molecule has 1 N–H and O–H groups in total. The van der Waals surface area contributed by atoms with Crippen molar-refractivity contribution in [3.8, 4) is 5.75 Å². The van der Waals surface area contributed by atoms with E-state index in [0.717, 1.165) is 17.9 Å². The molecular weight excluding hydrogens is 232 g/mol. The zero-order valence-corrected chi connectivity index (χ0v) is 12.7. The molecule has 0 aliphatic carbocycles. The molecule has 0 fully saturated rings. The smallest absolute Gasteiger partial charge is 0.118 e. The third-order valence-electron chi connectivity index (χ3n) is 4.04. The zero-order valence-electron chi connectivity index (χ0n) is 12.7. The van der Waals surface area contributed by atoms with Gasteiger partial charge in [0, 0.05) is 0 Å². The lowest BCUT2D eigenvalue weighted by molar-refractivity contribution is 0.419. The van der Waals surface area contributed by atoms with Crippen LogP contribution in [0.5, 0.6) is 5.75 Å². The van der Waals surface area contributed by atoms with Gasteiger partial charge in [-0.25, -0.2) is 0 Å². The van der Waals surface area contributed by atoms with Gasteiger partial charge in [-0.05, 0) is 24.0 Å². The highest BCUT2D eigenvalue weighted by atomic mass is 16.3. The summed E-state index contributed by atoms with van der Waals surface area (Å²) in [5.74, 6) is 1.18. The molecule has 0 aliphatic heterocycles. The van der Waals surface area contributed by atoms with Crippen LogP contribution < -0.4 is 0 Å². The topological polar surface area (TPSA) is 20.2 Å². The largest absolute Gasteiger partial charge is 0.508 e. The number of hydrogen-bond donors (Lipinski definition) is 1. The lowest BCUT2D eigenvalue weighted by Crippen LogP contribution is -2.03. The molecular formula is C18H30O. The van der Waals surface area contributed by atoms with Crippen LogP contribution in [0.1, 0.15) is 70.8 Å². The number of para-hydroxylation sites is 1. The predicted molar refractivity (Wildman–Crippen MR) is 83.6 cm³/mol. The van der Waals surface area contributed by atoms with Gasteiger partial charge in [0.1, 0.15) is 5.75 Å². The van der Waals surface area contributed by atoms with Crippen molar-refractivity contribution in [2.24, 2.45) is 5.92 Å². The van der Waals surface area contributed by atoms with Gasteiger partial charge < -0.3 is 5.11 Å². The zero-order chi connectivity index (χ0) is 13.9. The summed E-state index contributed by atoms with van der Waals surface area (Å²) >= 11 is 0. The second kappa shape index (κ2) is 9.89. The first-order valence-electron chi connectivity index (χ1n) is 8.04. The Bertz CT molecular complexity index is 332. The molecule has 1 atom stereocenters. The Hall–Kier alpha value is -0.980. The lowest BCUT2D eigenvalue weighted by Gasteiger charge is -2.15. The van der Waals surface area contributed by atoms with E-state index < -0.39 is 0 Å². The summed E-state index contributed by atoms with van der Waals surface area (Å²) in [5, 5.41) is 9.82. The van der Waals surface area contributed by atoms with E-state index in [9.17, 15) is 5.11 Å². The molecule has 0 saturated heterocycles. The Labute approximate surface area is 119 Å². The minimum atomic E-state index is 0.462. The number of aromatic hydroxyl groups is 1. The highest BCUT2D eigenvalue weighted by molar-refractivity contribution is 5.31. The lowest BCUT2D eigenvalue weighted by atomic mass is 9.91. The van der Waals surface area contributed by atoms with Crippen LogP contribution in [0.25, 0.3) is 0 Å². The molecule has 19 heavy (non-hydrogen) atoms. The van der Waals surface area contributed by atoms with Crippen LogP contribution in [0, 0.1) is 5.92 Å². The molecule has 0 aromatic heterocycles. The van der Waals surface area contributed by atoms with Crippen molar-refractivity contribution in [1.29, 1.82) is 0 Å². The monoisotopic (exact) mass is 262 g/mol. The average molecular weight is 262 g/mol. The molecule has 1 unspecified atom stereocenters. The summed E-state index contributed by atoms with van der Waals surface area (Å²) in [4.78, 5) is 0. The predicted octanol–water partition coefficient (Wildman–Crippen LogP) is 5.71. The van der Waals surface area contributed by atoms with E-state index >= 15 is 0 Å². The van der Waals surface area contributed by atoms with Crippen LogP contribution in [-0.4, -0.2) is 5.11 Å². The third-order valence-corrected chi connectivity index (χ3v) is 4.04. The van der Waals surface area contributed by atoms with Crippen molar-refractivity contribution in [3.05, 3.63) is 29.8 Å². The van der Waals surface area contributed by atoms with E-state index in [1.165, 1.54) is 51.4 Å². The number of benzene rings is 1. The molecule has 0 aliphatic rings. The highest BCUT2D eigenvalue weighted by Gasteiger charge is 2.09. The van der Waals surface area contributed by atoms with Crippen LogP contribution in [0.3, 0.4) is 0 Å². The quantitative estimate of drug-likeness (QED) is 0.535. The van der Waals surface area contributed by atoms with Crippen molar-refractivity contribution in [2.75, 3.05) is 0 Å². The molecule has 1 aromatic rings. The summed E-state index contributed by atoms with van der Waals surface area (Å²) in [6.07, 6.45) is 11.7. The summed E-state index contributed by atoms with van der Waals surface area (Å²) in [5.41, 5.74) is 1.11. The van der Waals surface area contributed by atoms with Gasteiger partial charge in [0.25, 0.3) is 0 Å². The fraction of sp³-hybridized carbons (Fsp3) is 0.667. The molecule has 1 nitrogen and oxygen atoms in total. The maximum absolute atomic E-state index is 9.82. The number of phenols is 1. The number of hydrogen-bond acceptors (Lipinski definition) is 1. The molecule has 1 heteroatoms. The Balaban J connectivity index is 2.24. The standard InChI is InChI=1S/C18H30O/c1-3-5-6-7-8-9-12-16(4-2)15-17-13-10-11-14-18(17)19/h10-11,13-14,16,19H,3-9,12,15H2,1-2H3. The van der Waals surface area contributed by atoms with Crippen molar-refractivity contribution in [1.82, 2.24) is 0 Å².